The highest BCUT2D eigenvalue weighted by atomic mass is 16.5. The molecule has 4 aromatic rings. The van der Waals surface area contributed by atoms with Gasteiger partial charge in [-0.05, 0) is 72.9 Å². The Labute approximate surface area is 234 Å². The van der Waals surface area contributed by atoms with E-state index in [1.165, 1.54) is 5.56 Å². The first-order chi connectivity index (χ1) is 19.6. The molecular formula is C34H30N2O4. The maximum absolute atomic E-state index is 12.7. The summed E-state index contributed by atoms with van der Waals surface area (Å²) in [6.07, 6.45) is 3.03. The van der Waals surface area contributed by atoms with E-state index in [1.807, 2.05) is 18.2 Å². The maximum Gasteiger partial charge on any atom is 0.251 e. The molecule has 200 valence electrons. The van der Waals surface area contributed by atoms with Crippen molar-refractivity contribution in [3.8, 4) is 34.4 Å². The Kier molecular flexibility index (Phi) is 8.13. The molecule has 1 heterocycles. The number of rotatable bonds is 8. The number of hydrogen-bond acceptors (Lipinski definition) is 5. The van der Waals surface area contributed by atoms with Gasteiger partial charge in [0, 0.05) is 29.7 Å². The van der Waals surface area contributed by atoms with Crippen LogP contribution in [-0.4, -0.2) is 24.2 Å². The fraction of sp³-hybridized carbons (Fsp3) is 0.176. The Hall–Kier alpha value is -5.02. The van der Waals surface area contributed by atoms with Gasteiger partial charge in [-0.2, -0.15) is 5.26 Å². The highest BCUT2D eigenvalue weighted by Crippen LogP contribution is 2.42. The van der Waals surface area contributed by atoms with E-state index in [1.54, 1.807) is 49.4 Å². The molecule has 0 fully saturated rings. The van der Waals surface area contributed by atoms with Gasteiger partial charge in [-0.3, -0.25) is 4.79 Å². The molecular weight excluding hydrogens is 500 g/mol. The molecule has 1 unspecified atom stereocenters. The fourth-order valence-corrected chi connectivity index (χ4v) is 4.82. The minimum atomic E-state index is -0.207. The molecule has 40 heavy (non-hydrogen) atoms. The molecule has 4 aromatic carbocycles. The zero-order valence-corrected chi connectivity index (χ0v) is 22.3. The van der Waals surface area contributed by atoms with Gasteiger partial charge in [0.25, 0.3) is 5.91 Å². The average molecular weight is 531 g/mol. The van der Waals surface area contributed by atoms with E-state index >= 15 is 0 Å². The maximum atomic E-state index is 12.7. The Balaban J connectivity index is 1.19. The Morgan fingerprint density at radius 3 is 2.48 bits per heavy atom. The predicted octanol–water partition coefficient (Wildman–Crippen LogP) is 7.32. The largest absolute Gasteiger partial charge is 0.512 e. The molecule has 1 aliphatic heterocycles. The smallest absolute Gasteiger partial charge is 0.251 e. The number of amides is 1. The van der Waals surface area contributed by atoms with Crippen LogP contribution in [0.4, 0.5) is 0 Å². The van der Waals surface area contributed by atoms with Gasteiger partial charge in [-0.25, -0.2) is 0 Å². The Morgan fingerprint density at radius 1 is 1.05 bits per heavy atom. The third-order valence-corrected chi connectivity index (χ3v) is 7.03. The third-order valence-electron chi connectivity index (χ3n) is 7.03. The number of allylic oxidation sites excluding steroid dienone is 2. The van der Waals surface area contributed by atoms with Crippen molar-refractivity contribution >= 4 is 5.91 Å². The van der Waals surface area contributed by atoms with E-state index in [4.69, 9.17) is 9.47 Å². The first-order valence-corrected chi connectivity index (χ1v) is 13.3. The van der Waals surface area contributed by atoms with Gasteiger partial charge >= 0.3 is 0 Å². The number of aliphatic hydroxyl groups is 1. The van der Waals surface area contributed by atoms with Crippen LogP contribution >= 0.6 is 0 Å². The van der Waals surface area contributed by atoms with Crippen LogP contribution in [0.2, 0.25) is 0 Å². The number of hydrogen-bond donors (Lipinski definition) is 2. The number of carbonyl (C=O) groups is 1. The Morgan fingerprint density at radius 2 is 1.77 bits per heavy atom. The molecule has 1 atom stereocenters. The van der Waals surface area contributed by atoms with Crippen molar-refractivity contribution in [2.75, 3.05) is 13.2 Å². The summed E-state index contributed by atoms with van der Waals surface area (Å²) in [7, 11) is 0. The van der Waals surface area contributed by atoms with Crippen molar-refractivity contribution < 1.29 is 19.4 Å². The lowest BCUT2D eigenvalue weighted by Gasteiger charge is -2.26. The standard InChI is InChI=1S/C34H30N2O4/c1-2-31(37)29-17-19-39-33-21-32(27(22-35)20-30(29)33)40-28-14-12-26(13-15-28)34(38)36-18-16-23-8-10-25(11-9-23)24-6-4-3-5-7-24/h2-15,20-21,29,37H,16-19H2,1H3,(H,36,38)/b31-2-. The van der Waals surface area contributed by atoms with Gasteiger partial charge in [0.2, 0.25) is 0 Å². The van der Waals surface area contributed by atoms with Crippen molar-refractivity contribution in [2.45, 2.75) is 25.7 Å². The number of carbonyl (C=O) groups excluding carboxylic acids is 1. The first-order valence-electron chi connectivity index (χ1n) is 13.3. The molecule has 1 amide bonds. The van der Waals surface area contributed by atoms with Crippen molar-refractivity contribution in [2.24, 2.45) is 0 Å². The van der Waals surface area contributed by atoms with Crippen LogP contribution in [0, 0.1) is 11.3 Å². The Bertz CT molecular complexity index is 1550. The monoisotopic (exact) mass is 530 g/mol. The molecule has 0 bridgehead atoms. The number of fused-ring (bicyclic) bond motifs is 1. The number of aliphatic hydroxyl groups excluding tert-OH is 1. The van der Waals surface area contributed by atoms with Crippen molar-refractivity contribution in [1.82, 2.24) is 5.32 Å². The molecule has 6 nitrogen and oxygen atoms in total. The second-order valence-electron chi connectivity index (χ2n) is 9.60. The van der Waals surface area contributed by atoms with Crippen LogP contribution in [0.3, 0.4) is 0 Å². The summed E-state index contributed by atoms with van der Waals surface area (Å²) in [6, 6.07) is 31.0. The van der Waals surface area contributed by atoms with Gasteiger partial charge in [0.1, 0.15) is 23.3 Å². The molecule has 1 aliphatic rings. The van der Waals surface area contributed by atoms with Gasteiger partial charge in [0.15, 0.2) is 0 Å². The molecule has 0 saturated carbocycles. The molecule has 0 spiro atoms. The van der Waals surface area contributed by atoms with Gasteiger partial charge in [-0.15, -0.1) is 0 Å². The molecule has 0 aromatic heterocycles. The first kappa shape index (κ1) is 26.6. The number of nitrogens with one attached hydrogen (secondary N) is 1. The summed E-state index contributed by atoms with van der Waals surface area (Å²) in [5.74, 6) is 1.33. The van der Waals surface area contributed by atoms with Crippen molar-refractivity contribution in [3.63, 3.8) is 0 Å². The lowest BCUT2D eigenvalue weighted by Crippen LogP contribution is -2.25. The summed E-state index contributed by atoms with van der Waals surface area (Å²) < 4.78 is 11.8. The molecule has 0 radical (unpaired) electrons. The second kappa shape index (κ2) is 12.2. The highest BCUT2D eigenvalue weighted by Gasteiger charge is 2.26. The number of nitriles is 1. The van der Waals surface area contributed by atoms with E-state index in [0.29, 0.717) is 47.9 Å². The topological polar surface area (TPSA) is 91.6 Å². The normalized spacial score (nSPS) is 14.4. The molecule has 5 rings (SSSR count). The molecule has 0 aliphatic carbocycles. The zero-order valence-electron chi connectivity index (χ0n) is 22.3. The number of ether oxygens (including phenoxy) is 2. The SMILES string of the molecule is C/C=C(\O)C1CCOc2cc(Oc3ccc(C(=O)NCCc4ccc(-c5ccccc5)cc4)cc3)c(C#N)cc21. The zero-order chi connectivity index (χ0) is 27.9. The number of benzene rings is 4. The van der Waals surface area contributed by atoms with Crippen LogP contribution in [0.1, 0.15) is 46.3 Å². The summed E-state index contributed by atoms with van der Waals surface area (Å²) in [6.45, 7) is 2.76. The lowest BCUT2D eigenvalue weighted by atomic mass is 9.89. The average Bonchev–Trinajstić information content (AvgIpc) is 3.01. The number of nitrogens with zero attached hydrogens (tertiary/aromatic N) is 1. The summed E-state index contributed by atoms with van der Waals surface area (Å²) in [5, 5.41) is 23.0. The third kappa shape index (κ3) is 6.00. The quantitative estimate of drug-likeness (QED) is 0.233. The minimum absolute atomic E-state index is 0.165. The summed E-state index contributed by atoms with van der Waals surface area (Å²) in [5.41, 5.74) is 5.13. The summed E-state index contributed by atoms with van der Waals surface area (Å²) >= 11 is 0. The molecule has 0 saturated heterocycles. The van der Waals surface area contributed by atoms with Crippen LogP contribution in [0.5, 0.6) is 17.2 Å². The van der Waals surface area contributed by atoms with Crippen LogP contribution in [-0.2, 0) is 6.42 Å². The second-order valence-corrected chi connectivity index (χ2v) is 9.60. The van der Waals surface area contributed by atoms with E-state index in [9.17, 15) is 15.2 Å². The van der Waals surface area contributed by atoms with Gasteiger partial charge in [0.05, 0.1) is 17.9 Å². The van der Waals surface area contributed by atoms with Crippen LogP contribution in [0.25, 0.3) is 11.1 Å². The highest BCUT2D eigenvalue weighted by molar-refractivity contribution is 5.94. The van der Waals surface area contributed by atoms with Gasteiger partial charge < -0.3 is 19.9 Å². The minimum Gasteiger partial charge on any atom is -0.512 e. The van der Waals surface area contributed by atoms with E-state index in [-0.39, 0.29) is 17.6 Å². The van der Waals surface area contributed by atoms with Gasteiger partial charge in [-0.1, -0.05) is 54.6 Å². The molecule has 2 N–H and O–H groups in total. The van der Waals surface area contributed by atoms with Crippen molar-refractivity contribution in [1.29, 1.82) is 5.26 Å². The van der Waals surface area contributed by atoms with Crippen molar-refractivity contribution in [3.05, 3.63) is 125 Å². The van der Waals surface area contributed by atoms with Crippen LogP contribution < -0.4 is 14.8 Å². The molecule has 6 heteroatoms. The lowest BCUT2D eigenvalue weighted by molar-refractivity contribution is 0.0954. The van der Waals surface area contributed by atoms with E-state index in [0.717, 1.165) is 23.1 Å². The fourth-order valence-electron chi connectivity index (χ4n) is 4.82. The van der Waals surface area contributed by atoms with Crippen LogP contribution in [0.15, 0.2) is 103 Å². The predicted molar refractivity (Wildman–Crippen MR) is 155 cm³/mol. The van der Waals surface area contributed by atoms with E-state index < -0.39 is 0 Å². The summed E-state index contributed by atoms with van der Waals surface area (Å²) in [4.78, 5) is 12.7. The van der Waals surface area contributed by atoms with E-state index in [2.05, 4.69) is 47.8 Å².